The number of benzene rings is 2. The third-order valence-corrected chi connectivity index (χ3v) is 5.68. The van der Waals surface area contributed by atoms with Crippen molar-refractivity contribution in [2.45, 2.75) is 26.7 Å². The summed E-state index contributed by atoms with van der Waals surface area (Å²) in [7, 11) is 1.96. The summed E-state index contributed by atoms with van der Waals surface area (Å²) in [5, 5.41) is 1.70. The maximum Gasteiger partial charge on any atom is 0.298 e. The summed E-state index contributed by atoms with van der Waals surface area (Å²) >= 11 is 13.6. The molecule has 8 heteroatoms. The van der Waals surface area contributed by atoms with Gasteiger partial charge in [0.05, 0.1) is 17.0 Å². The van der Waals surface area contributed by atoms with Crippen molar-refractivity contribution in [2.75, 3.05) is 13.6 Å². The Morgan fingerprint density at radius 1 is 1.24 bits per heavy atom. The van der Waals surface area contributed by atoms with Crippen molar-refractivity contribution in [2.24, 2.45) is 4.99 Å². The van der Waals surface area contributed by atoms with Gasteiger partial charge in [0, 0.05) is 42.1 Å². The molecular weight excluding hydrogens is 427 g/mol. The molecule has 0 saturated carbocycles. The monoisotopic (exact) mass is 448 g/mol. The van der Waals surface area contributed by atoms with E-state index in [0.29, 0.717) is 32.5 Å². The molecule has 3 aromatic rings. The number of rotatable bonds is 7. The average Bonchev–Trinajstić information content (AvgIpc) is 3.17. The van der Waals surface area contributed by atoms with Crippen molar-refractivity contribution in [3.63, 3.8) is 0 Å². The first-order valence-corrected chi connectivity index (χ1v) is 10.7. The van der Waals surface area contributed by atoms with Gasteiger partial charge in [-0.05, 0) is 43.2 Å². The second kappa shape index (κ2) is 9.57. The van der Waals surface area contributed by atoms with Gasteiger partial charge in [-0.1, -0.05) is 42.3 Å². The number of hydrogen-bond donors (Lipinski definition) is 0. The van der Waals surface area contributed by atoms with E-state index in [-0.39, 0.29) is 5.92 Å². The zero-order valence-electron chi connectivity index (χ0n) is 16.7. The Bertz CT molecular complexity index is 1000. The molecule has 0 spiro atoms. The zero-order valence-corrected chi connectivity index (χ0v) is 19.0. The molecule has 29 heavy (non-hydrogen) atoms. The minimum Gasteiger partial charge on any atom is -0.430 e. The Morgan fingerprint density at radius 2 is 1.97 bits per heavy atom. The Balaban J connectivity index is 1.76. The number of ether oxygens (including phenoxy) is 1. The molecule has 0 aliphatic carbocycles. The molecule has 0 saturated heterocycles. The van der Waals surface area contributed by atoms with E-state index < -0.39 is 0 Å². The van der Waals surface area contributed by atoms with Crippen molar-refractivity contribution >= 4 is 46.8 Å². The third kappa shape index (κ3) is 5.47. The fraction of sp³-hybridized carbons (Fsp3) is 0.286. The molecule has 5 nitrogen and oxygen atoms in total. The van der Waals surface area contributed by atoms with E-state index in [9.17, 15) is 0 Å². The highest BCUT2D eigenvalue weighted by Crippen LogP contribution is 2.36. The highest BCUT2D eigenvalue weighted by Gasteiger charge is 2.16. The molecule has 1 aromatic heterocycles. The van der Waals surface area contributed by atoms with E-state index in [1.807, 2.05) is 49.2 Å². The lowest BCUT2D eigenvalue weighted by Gasteiger charge is -2.10. The molecule has 152 valence electrons. The molecule has 1 atom stereocenters. The molecule has 0 radical (unpaired) electrons. The Kier molecular flexibility index (Phi) is 7.11. The lowest BCUT2D eigenvalue weighted by Crippen LogP contribution is -2.14. The number of halogens is 2. The molecule has 0 aliphatic heterocycles. The third-order valence-electron chi connectivity index (χ3n) is 4.51. The van der Waals surface area contributed by atoms with Gasteiger partial charge >= 0.3 is 0 Å². The second-order valence-corrected chi connectivity index (χ2v) is 8.24. The fourth-order valence-corrected chi connectivity index (χ4v) is 3.49. The molecular formula is C21H22Cl2N4OS. The normalized spacial score (nSPS) is 12.3. The Morgan fingerprint density at radius 3 is 2.66 bits per heavy atom. The molecule has 0 bridgehead atoms. The number of aromatic nitrogens is 2. The van der Waals surface area contributed by atoms with Crippen LogP contribution in [0.25, 0.3) is 0 Å². The van der Waals surface area contributed by atoms with Crippen LogP contribution in [-0.2, 0) is 0 Å². The summed E-state index contributed by atoms with van der Waals surface area (Å²) in [5.41, 5.74) is 2.71. The van der Waals surface area contributed by atoms with Crippen molar-refractivity contribution in [3.05, 3.63) is 63.4 Å². The highest BCUT2D eigenvalue weighted by molar-refractivity contribution is 7.07. The summed E-state index contributed by atoms with van der Waals surface area (Å²) in [6, 6.07) is 11.4. The van der Waals surface area contributed by atoms with E-state index in [2.05, 4.69) is 28.2 Å². The molecule has 2 aromatic carbocycles. The highest BCUT2D eigenvalue weighted by atomic mass is 35.5. The number of nitrogens with zero attached hydrogens (tertiary/aromatic N) is 4. The van der Waals surface area contributed by atoms with E-state index in [1.165, 1.54) is 11.5 Å². The minimum atomic E-state index is 0.0396. The molecule has 1 heterocycles. The zero-order chi connectivity index (χ0) is 21.0. The molecule has 0 N–H and O–H groups in total. The number of aryl methyl sites for hydroxylation is 1. The lowest BCUT2D eigenvalue weighted by atomic mass is 10.0. The first-order chi connectivity index (χ1) is 13.9. The quantitative estimate of drug-likeness (QED) is 0.297. The Labute approximate surface area is 185 Å². The first kappa shape index (κ1) is 21.6. The topological polar surface area (TPSA) is 50.6 Å². The van der Waals surface area contributed by atoms with Gasteiger partial charge in [-0.3, -0.25) is 0 Å². The average molecular weight is 449 g/mol. The van der Waals surface area contributed by atoms with E-state index in [0.717, 1.165) is 17.7 Å². The van der Waals surface area contributed by atoms with Gasteiger partial charge in [-0.15, -0.1) is 0 Å². The van der Waals surface area contributed by atoms with Crippen molar-refractivity contribution in [1.29, 1.82) is 0 Å². The maximum atomic E-state index is 6.39. The van der Waals surface area contributed by atoms with Crippen LogP contribution < -0.4 is 4.74 Å². The van der Waals surface area contributed by atoms with E-state index in [1.54, 1.807) is 12.4 Å². The van der Waals surface area contributed by atoms with Gasteiger partial charge in [-0.25, -0.2) is 4.99 Å². The van der Waals surface area contributed by atoms with Crippen LogP contribution in [0.2, 0.25) is 10.0 Å². The van der Waals surface area contributed by atoms with E-state index in [4.69, 9.17) is 27.9 Å². The van der Waals surface area contributed by atoms with Gasteiger partial charge < -0.3 is 9.64 Å². The summed E-state index contributed by atoms with van der Waals surface area (Å²) in [6.07, 6.45) is 1.76. The predicted molar refractivity (Wildman–Crippen MR) is 122 cm³/mol. The van der Waals surface area contributed by atoms with Crippen molar-refractivity contribution < 1.29 is 4.74 Å². The molecule has 1 unspecified atom stereocenters. The molecule has 3 rings (SSSR count). The van der Waals surface area contributed by atoms with Gasteiger partial charge in [0.15, 0.2) is 5.82 Å². The van der Waals surface area contributed by atoms with Gasteiger partial charge in [0.1, 0.15) is 5.75 Å². The van der Waals surface area contributed by atoms with Crippen LogP contribution in [0.4, 0.5) is 5.69 Å². The first-order valence-electron chi connectivity index (χ1n) is 9.19. The lowest BCUT2D eigenvalue weighted by molar-refractivity contribution is 0.473. The van der Waals surface area contributed by atoms with Crippen LogP contribution in [0, 0.1) is 6.92 Å². The van der Waals surface area contributed by atoms with E-state index >= 15 is 0 Å². The van der Waals surface area contributed by atoms with Crippen LogP contribution in [0.3, 0.4) is 0 Å². The summed E-state index contributed by atoms with van der Waals surface area (Å²) in [5.74, 6) is 1.39. The second-order valence-electron chi connectivity index (χ2n) is 6.68. The SMILES string of the molecule is CCN(C)C=Nc1cc(C)c(Oc2nc(C(C)c3ccc(Cl)cc3)ns2)cc1Cl. The molecule has 0 aliphatic rings. The summed E-state index contributed by atoms with van der Waals surface area (Å²) in [6.45, 7) is 6.93. The standard InChI is InChI=1S/C21H22Cl2N4OS/c1-5-27(4)12-24-18-10-13(2)19(11-17(18)23)28-21-25-20(26-29-21)14(3)15-6-8-16(22)9-7-15/h6-12,14H,5H2,1-4H3. The van der Waals surface area contributed by atoms with Gasteiger partial charge in [0.2, 0.25) is 0 Å². The minimum absolute atomic E-state index is 0.0396. The Hall–Kier alpha value is -2.15. The molecule has 0 fully saturated rings. The van der Waals surface area contributed by atoms with Crippen LogP contribution in [0.5, 0.6) is 10.9 Å². The van der Waals surface area contributed by atoms with Gasteiger partial charge in [-0.2, -0.15) is 9.36 Å². The maximum absolute atomic E-state index is 6.39. The largest absolute Gasteiger partial charge is 0.430 e. The van der Waals surface area contributed by atoms with Crippen LogP contribution in [-0.4, -0.2) is 34.2 Å². The fourth-order valence-electron chi connectivity index (χ4n) is 2.53. The smallest absolute Gasteiger partial charge is 0.298 e. The van der Waals surface area contributed by atoms with Crippen LogP contribution in [0.1, 0.15) is 36.7 Å². The van der Waals surface area contributed by atoms with Crippen molar-refractivity contribution in [3.8, 4) is 10.9 Å². The van der Waals surface area contributed by atoms with Crippen LogP contribution >= 0.6 is 34.7 Å². The van der Waals surface area contributed by atoms with Crippen LogP contribution in [0.15, 0.2) is 41.4 Å². The van der Waals surface area contributed by atoms with Gasteiger partial charge in [0.25, 0.3) is 5.19 Å². The number of aliphatic imine (C=N–C) groups is 1. The predicted octanol–water partition coefficient (Wildman–Crippen LogP) is 6.71. The van der Waals surface area contributed by atoms with Crippen molar-refractivity contribution in [1.82, 2.24) is 14.3 Å². The number of hydrogen-bond acceptors (Lipinski definition) is 5. The molecule has 0 amide bonds. The summed E-state index contributed by atoms with van der Waals surface area (Å²) < 4.78 is 10.4. The summed E-state index contributed by atoms with van der Waals surface area (Å²) in [4.78, 5) is 10.9.